The number of hydrogen-bond donors (Lipinski definition) is 1. The number of hydrogen-bond acceptors (Lipinski definition) is 6. The molecule has 0 aromatic carbocycles. The Labute approximate surface area is 119 Å². The largest absolute Gasteiger partial charge is 0.352 e. The van der Waals surface area contributed by atoms with Crippen LogP contribution in [-0.4, -0.2) is 53.4 Å². The number of anilines is 1. The molecule has 1 unspecified atom stereocenters. The molecule has 2 aliphatic rings. The Morgan fingerprint density at radius 1 is 1.25 bits per heavy atom. The Balaban J connectivity index is 1.66. The van der Waals surface area contributed by atoms with Gasteiger partial charge in [0.25, 0.3) is 0 Å². The van der Waals surface area contributed by atoms with Crippen LogP contribution >= 0.6 is 0 Å². The molecule has 3 heterocycles. The molecule has 6 heteroatoms. The van der Waals surface area contributed by atoms with Gasteiger partial charge in [-0.2, -0.15) is 10.4 Å². The molecule has 2 N–H and O–H groups in total. The van der Waals surface area contributed by atoms with Gasteiger partial charge in [0, 0.05) is 25.2 Å². The smallest absolute Gasteiger partial charge is 0.169 e. The maximum atomic E-state index is 9.15. The first kappa shape index (κ1) is 13.3. The summed E-state index contributed by atoms with van der Waals surface area (Å²) in [6, 6.07) is 4.85. The highest BCUT2D eigenvalue weighted by Crippen LogP contribution is 2.25. The van der Waals surface area contributed by atoms with Crippen molar-refractivity contribution >= 4 is 5.82 Å². The van der Waals surface area contributed by atoms with Crippen molar-refractivity contribution in [1.29, 1.82) is 5.26 Å². The van der Waals surface area contributed by atoms with Gasteiger partial charge in [-0.15, -0.1) is 5.10 Å². The van der Waals surface area contributed by atoms with Crippen LogP contribution in [0.2, 0.25) is 0 Å². The lowest BCUT2D eigenvalue weighted by atomic mass is 10.0. The minimum atomic E-state index is 0.369. The maximum absolute atomic E-state index is 9.15. The van der Waals surface area contributed by atoms with Crippen molar-refractivity contribution in [3.63, 3.8) is 0 Å². The molecule has 2 aliphatic heterocycles. The van der Waals surface area contributed by atoms with E-state index in [9.17, 15) is 0 Å². The van der Waals surface area contributed by atoms with Crippen molar-refractivity contribution in [1.82, 2.24) is 15.1 Å². The minimum Gasteiger partial charge on any atom is -0.352 e. The molecule has 20 heavy (non-hydrogen) atoms. The number of likely N-dealkylation sites (tertiary alicyclic amines) is 1. The van der Waals surface area contributed by atoms with Gasteiger partial charge in [-0.1, -0.05) is 0 Å². The molecule has 6 nitrogen and oxygen atoms in total. The second-order valence-corrected chi connectivity index (χ2v) is 5.64. The molecule has 0 bridgehead atoms. The predicted molar refractivity (Wildman–Crippen MR) is 76.1 cm³/mol. The fourth-order valence-corrected chi connectivity index (χ4v) is 3.16. The summed E-state index contributed by atoms with van der Waals surface area (Å²) in [4.78, 5) is 4.72. The fraction of sp³-hybridized carbons (Fsp3) is 0.643. The van der Waals surface area contributed by atoms with E-state index in [0.717, 1.165) is 51.3 Å². The highest BCUT2D eigenvalue weighted by Gasteiger charge is 2.31. The second-order valence-electron chi connectivity index (χ2n) is 5.64. The summed E-state index contributed by atoms with van der Waals surface area (Å²) in [6.07, 6.45) is 4.87. The first-order valence-electron chi connectivity index (χ1n) is 7.24. The number of rotatable bonds is 2. The quantitative estimate of drug-likeness (QED) is 0.836. The summed E-state index contributed by atoms with van der Waals surface area (Å²) in [5.41, 5.74) is 6.57. The fourth-order valence-electron chi connectivity index (χ4n) is 3.16. The van der Waals surface area contributed by atoms with Gasteiger partial charge in [0.05, 0.1) is 11.8 Å². The molecular formula is C14H20N6. The van der Waals surface area contributed by atoms with Crippen molar-refractivity contribution in [3.8, 4) is 6.07 Å². The van der Waals surface area contributed by atoms with Crippen LogP contribution in [0, 0.1) is 11.3 Å². The van der Waals surface area contributed by atoms with E-state index < -0.39 is 0 Å². The Morgan fingerprint density at radius 2 is 2.05 bits per heavy atom. The summed E-state index contributed by atoms with van der Waals surface area (Å²) in [5, 5.41) is 17.2. The van der Waals surface area contributed by atoms with Crippen molar-refractivity contribution in [3.05, 3.63) is 17.8 Å². The zero-order valence-electron chi connectivity index (χ0n) is 11.6. The molecule has 1 atom stereocenters. The lowest BCUT2D eigenvalue weighted by Gasteiger charge is -2.34. The Morgan fingerprint density at radius 3 is 2.80 bits per heavy atom. The lowest BCUT2D eigenvalue weighted by Crippen LogP contribution is -2.46. The van der Waals surface area contributed by atoms with Gasteiger partial charge >= 0.3 is 0 Å². The monoisotopic (exact) mass is 272 g/mol. The molecule has 1 aromatic rings. The molecule has 1 aromatic heterocycles. The summed E-state index contributed by atoms with van der Waals surface area (Å²) in [7, 11) is 0. The lowest BCUT2D eigenvalue weighted by molar-refractivity contribution is 0.163. The molecule has 0 saturated carbocycles. The molecule has 0 amide bonds. The summed E-state index contributed by atoms with van der Waals surface area (Å²) >= 11 is 0. The SMILES string of the molecule is N#Cc1ccnnc1N1CCC(N2CCC(N)CC2)C1. The van der Waals surface area contributed by atoms with Gasteiger partial charge in [-0.3, -0.25) is 4.90 Å². The summed E-state index contributed by atoms with van der Waals surface area (Å²) in [6.45, 7) is 4.06. The number of nitrogens with two attached hydrogens (primary N) is 1. The van der Waals surface area contributed by atoms with E-state index in [1.165, 1.54) is 0 Å². The standard InChI is InChI=1S/C14H20N6/c15-9-11-1-5-17-18-14(11)20-8-4-13(10-20)19-6-2-12(16)3-7-19/h1,5,12-13H,2-4,6-8,10,16H2. The van der Waals surface area contributed by atoms with Crippen LogP contribution in [0.5, 0.6) is 0 Å². The Kier molecular flexibility index (Phi) is 3.81. The third kappa shape index (κ3) is 2.60. The van der Waals surface area contributed by atoms with Gasteiger partial charge < -0.3 is 10.6 Å². The zero-order valence-corrected chi connectivity index (χ0v) is 11.6. The van der Waals surface area contributed by atoms with E-state index in [0.29, 0.717) is 17.6 Å². The molecule has 0 spiro atoms. The molecule has 106 valence electrons. The van der Waals surface area contributed by atoms with Crippen molar-refractivity contribution < 1.29 is 0 Å². The van der Waals surface area contributed by atoms with Crippen LogP contribution in [0.15, 0.2) is 12.3 Å². The minimum absolute atomic E-state index is 0.369. The normalized spacial score (nSPS) is 24.8. The number of aromatic nitrogens is 2. The molecule has 2 saturated heterocycles. The van der Waals surface area contributed by atoms with Crippen molar-refractivity contribution in [2.45, 2.75) is 31.3 Å². The third-order valence-corrected chi connectivity index (χ3v) is 4.38. The van der Waals surface area contributed by atoms with Crippen LogP contribution in [0.1, 0.15) is 24.8 Å². The van der Waals surface area contributed by atoms with Crippen molar-refractivity contribution in [2.75, 3.05) is 31.1 Å². The van der Waals surface area contributed by atoms with Crippen LogP contribution < -0.4 is 10.6 Å². The molecule has 0 aliphatic carbocycles. The van der Waals surface area contributed by atoms with E-state index in [1.54, 1.807) is 12.3 Å². The van der Waals surface area contributed by atoms with Gasteiger partial charge in [-0.25, -0.2) is 0 Å². The topological polar surface area (TPSA) is 82.1 Å². The van der Waals surface area contributed by atoms with Gasteiger partial charge in [-0.05, 0) is 38.4 Å². The third-order valence-electron chi connectivity index (χ3n) is 4.38. The van der Waals surface area contributed by atoms with Crippen LogP contribution in [-0.2, 0) is 0 Å². The highest BCUT2D eigenvalue weighted by molar-refractivity contribution is 5.53. The maximum Gasteiger partial charge on any atom is 0.169 e. The Hall–Kier alpha value is -1.71. The molecule has 3 rings (SSSR count). The Bertz CT molecular complexity index is 503. The number of nitriles is 1. The highest BCUT2D eigenvalue weighted by atomic mass is 15.3. The average molecular weight is 272 g/mol. The van der Waals surface area contributed by atoms with Gasteiger partial charge in [0.1, 0.15) is 6.07 Å². The van der Waals surface area contributed by atoms with Crippen molar-refractivity contribution in [2.24, 2.45) is 5.73 Å². The van der Waals surface area contributed by atoms with E-state index in [-0.39, 0.29) is 0 Å². The number of nitrogens with zero attached hydrogens (tertiary/aromatic N) is 5. The summed E-state index contributed by atoms with van der Waals surface area (Å²) in [5.74, 6) is 0.728. The van der Waals surface area contributed by atoms with Crippen LogP contribution in [0.3, 0.4) is 0 Å². The predicted octanol–water partition coefficient (Wildman–Crippen LogP) is 0.350. The number of piperidine rings is 1. The van der Waals surface area contributed by atoms with Crippen LogP contribution in [0.25, 0.3) is 0 Å². The first-order valence-corrected chi connectivity index (χ1v) is 7.24. The van der Waals surface area contributed by atoms with E-state index >= 15 is 0 Å². The molecule has 2 fully saturated rings. The zero-order chi connectivity index (χ0) is 13.9. The molecular weight excluding hydrogens is 252 g/mol. The average Bonchev–Trinajstić information content (AvgIpc) is 2.97. The van der Waals surface area contributed by atoms with E-state index in [4.69, 9.17) is 11.0 Å². The molecule has 0 radical (unpaired) electrons. The summed E-state index contributed by atoms with van der Waals surface area (Å²) < 4.78 is 0. The van der Waals surface area contributed by atoms with Crippen LogP contribution in [0.4, 0.5) is 5.82 Å². The second kappa shape index (κ2) is 5.73. The first-order chi connectivity index (χ1) is 9.78. The van der Waals surface area contributed by atoms with E-state index in [1.807, 2.05) is 0 Å². The van der Waals surface area contributed by atoms with E-state index in [2.05, 4.69) is 26.1 Å². The van der Waals surface area contributed by atoms with Gasteiger partial charge in [0.15, 0.2) is 5.82 Å². The van der Waals surface area contributed by atoms with Gasteiger partial charge in [0.2, 0.25) is 0 Å².